The first-order chi connectivity index (χ1) is 12.0. The fourth-order valence-corrected chi connectivity index (χ4v) is 2.85. The Morgan fingerprint density at radius 2 is 1.68 bits per heavy atom. The molecular weight excluding hydrogens is 319 g/mol. The van der Waals surface area contributed by atoms with E-state index in [1.807, 2.05) is 38.1 Å². The number of hydrogen-bond acceptors (Lipinski definition) is 3. The smallest absolute Gasteiger partial charge is 0.278 e. The molecule has 0 unspecified atom stereocenters. The van der Waals surface area contributed by atoms with Crippen molar-refractivity contribution in [3.05, 3.63) is 71.2 Å². The normalized spacial score (nSPS) is 14.4. The van der Waals surface area contributed by atoms with Crippen LogP contribution >= 0.6 is 0 Å². The van der Waals surface area contributed by atoms with Crippen molar-refractivity contribution in [1.82, 2.24) is 4.90 Å². The van der Waals surface area contributed by atoms with Gasteiger partial charge in [-0.2, -0.15) is 0 Å². The Kier molecular flexibility index (Phi) is 4.65. The Balaban J connectivity index is 2.09. The summed E-state index contributed by atoms with van der Waals surface area (Å²) in [5.74, 6) is -1.09. The zero-order valence-electron chi connectivity index (χ0n) is 14.2. The quantitative estimate of drug-likeness (QED) is 0.845. The highest BCUT2D eigenvalue weighted by Crippen LogP contribution is 2.31. The van der Waals surface area contributed by atoms with E-state index >= 15 is 0 Å². The monoisotopic (exact) mass is 338 g/mol. The maximum Gasteiger partial charge on any atom is 0.278 e. The van der Waals surface area contributed by atoms with Gasteiger partial charge in [-0.15, -0.1) is 0 Å². The van der Waals surface area contributed by atoms with Crippen LogP contribution in [0.5, 0.6) is 0 Å². The van der Waals surface area contributed by atoms with E-state index in [1.54, 1.807) is 0 Å². The fraction of sp³-hybridized carbons (Fsp3) is 0.200. The van der Waals surface area contributed by atoms with E-state index in [2.05, 4.69) is 5.32 Å². The lowest BCUT2D eigenvalue weighted by Crippen LogP contribution is -2.33. The number of hydrogen-bond donors (Lipinski definition) is 1. The van der Waals surface area contributed by atoms with E-state index in [0.717, 1.165) is 11.3 Å². The van der Waals surface area contributed by atoms with Crippen molar-refractivity contribution in [3.63, 3.8) is 0 Å². The van der Waals surface area contributed by atoms with Gasteiger partial charge in [0.25, 0.3) is 11.8 Å². The number of carbonyl (C=O) groups excluding carboxylic acids is 2. The summed E-state index contributed by atoms with van der Waals surface area (Å²) in [7, 11) is 0. The molecule has 1 N–H and O–H groups in total. The first-order valence-corrected chi connectivity index (χ1v) is 8.22. The molecule has 0 fully saturated rings. The van der Waals surface area contributed by atoms with Gasteiger partial charge in [-0.25, -0.2) is 4.39 Å². The van der Waals surface area contributed by atoms with Crippen LogP contribution in [0, 0.1) is 12.7 Å². The number of nitrogens with zero attached hydrogens (tertiary/aromatic N) is 1. The zero-order chi connectivity index (χ0) is 18.0. The highest BCUT2D eigenvalue weighted by molar-refractivity contribution is 6.36. The van der Waals surface area contributed by atoms with Crippen LogP contribution in [0.25, 0.3) is 5.57 Å². The van der Waals surface area contributed by atoms with Crippen molar-refractivity contribution in [2.75, 3.05) is 11.9 Å². The highest BCUT2D eigenvalue weighted by Gasteiger charge is 2.38. The van der Waals surface area contributed by atoms with Crippen LogP contribution < -0.4 is 5.32 Å². The zero-order valence-corrected chi connectivity index (χ0v) is 14.2. The third kappa shape index (κ3) is 3.18. The van der Waals surface area contributed by atoms with Crippen LogP contribution in [-0.4, -0.2) is 23.3 Å². The van der Waals surface area contributed by atoms with Crippen LogP contribution in [0.15, 0.2) is 54.2 Å². The minimum atomic E-state index is -0.389. The summed E-state index contributed by atoms with van der Waals surface area (Å²) in [5, 5.41) is 3.11. The van der Waals surface area contributed by atoms with Gasteiger partial charge in [-0.05, 0) is 42.7 Å². The standard InChI is InChI=1S/C20H19FN2O2/c1-3-12-23-19(24)17(14-8-10-15(21)11-9-14)18(20(23)25)22-16-7-5-4-6-13(16)2/h4-11,22H,3,12H2,1-2H3. The predicted molar refractivity (Wildman–Crippen MR) is 95.1 cm³/mol. The molecule has 0 saturated carbocycles. The predicted octanol–water partition coefficient (Wildman–Crippen LogP) is 3.74. The summed E-state index contributed by atoms with van der Waals surface area (Å²) in [6.45, 7) is 4.18. The first-order valence-electron chi connectivity index (χ1n) is 8.22. The van der Waals surface area contributed by atoms with E-state index < -0.39 is 0 Å². The van der Waals surface area contributed by atoms with Crippen molar-refractivity contribution in [1.29, 1.82) is 0 Å². The van der Waals surface area contributed by atoms with E-state index in [9.17, 15) is 14.0 Å². The van der Waals surface area contributed by atoms with Crippen molar-refractivity contribution >= 4 is 23.1 Å². The van der Waals surface area contributed by atoms with Gasteiger partial charge in [0.15, 0.2) is 0 Å². The van der Waals surface area contributed by atoms with Gasteiger partial charge in [0.05, 0.1) is 5.57 Å². The minimum Gasteiger partial charge on any atom is -0.350 e. The van der Waals surface area contributed by atoms with Gasteiger partial charge in [-0.3, -0.25) is 14.5 Å². The molecule has 128 valence electrons. The molecule has 0 radical (unpaired) electrons. The lowest BCUT2D eigenvalue weighted by Gasteiger charge is -2.14. The maximum absolute atomic E-state index is 13.2. The molecule has 1 heterocycles. The molecule has 0 bridgehead atoms. The van der Waals surface area contributed by atoms with Crippen LogP contribution in [0.1, 0.15) is 24.5 Å². The number of para-hydroxylation sites is 1. The molecule has 0 saturated heterocycles. The number of carbonyl (C=O) groups is 2. The lowest BCUT2D eigenvalue weighted by molar-refractivity contribution is -0.136. The summed E-state index contributed by atoms with van der Waals surface area (Å²) in [4.78, 5) is 26.8. The van der Waals surface area contributed by atoms with Gasteiger partial charge in [0.1, 0.15) is 11.5 Å². The first kappa shape index (κ1) is 16.9. The molecule has 3 rings (SSSR count). The van der Waals surface area contributed by atoms with Gasteiger partial charge >= 0.3 is 0 Å². The summed E-state index contributed by atoms with van der Waals surface area (Å²) in [6.07, 6.45) is 0.672. The molecular formula is C20H19FN2O2. The molecule has 0 spiro atoms. The Morgan fingerprint density at radius 3 is 2.32 bits per heavy atom. The topological polar surface area (TPSA) is 49.4 Å². The molecule has 0 atom stereocenters. The fourth-order valence-electron chi connectivity index (χ4n) is 2.85. The molecule has 1 aliphatic heterocycles. The third-order valence-corrected chi connectivity index (χ3v) is 4.15. The largest absolute Gasteiger partial charge is 0.350 e. The summed E-state index contributed by atoms with van der Waals surface area (Å²) >= 11 is 0. The Hall–Kier alpha value is -2.95. The van der Waals surface area contributed by atoms with Crippen LogP contribution in [-0.2, 0) is 9.59 Å². The summed E-state index contributed by atoms with van der Waals surface area (Å²) in [5.41, 5.74) is 2.76. The molecule has 1 aliphatic rings. The molecule has 2 aromatic rings. The van der Waals surface area contributed by atoms with E-state index in [-0.39, 0.29) is 28.9 Å². The van der Waals surface area contributed by atoms with Crippen LogP contribution in [0.2, 0.25) is 0 Å². The number of rotatable bonds is 5. The minimum absolute atomic E-state index is 0.236. The number of imide groups is 1. The second-order valence-corrected chi connectivity index (χ2v) is 5.96. The third-order valence-electron chi connectivity index (χ3n) is 4.15. The lowest BCUT2D eigenvalue weighted by atomic mass is 10.0. The molecule has 0 aromatic heterocycles. The van der Waals surface area contributed by atoms with E-state index in [0.29, 0.717) is 18.5 Å². The average Bonchev–Trinajstić information content (AvgIpc) is 2.83. The highest BCUT2D eigenvalue weighted by atomic mass is 19.1. The van der Waals surface area contributed by atoms with E-state index in [1.165, 1.54) is 29.2 Å². The molecule has 5 heteroatoms. The van der Waals surface area contributed by atoms with Crippen molar-refractivity contribution in [2.45, 2.75) is 20.3 Å². The molecule has 2 aromatic carbocycles. The Morgan fingerprint density at radius 1 is 1.00 bits per heavy atom. The molecule has 2 amide bonds. The Bertz CT molecular complexity index is 856. The number of anilines is 1. The van der Waals surface area contributed by atoms with Crippen molar-refractivity contribution < 1.29 is 14.0 Å². The second kappa shape index (κ2) is 6.89. The number of halogens is 1. The number of nitrogens with one attached hydrogen (secondary N) is 1. The SMILES string of the molecule is CCCN1C(=O)C(Nc2ccccc2C)=C(c2ccc(F)cc2)C1=O. The average molecular weight is 338 g/mol. The van der Waals surface area contributed by atoms with E-state index in [4.69, 9.17) is 0 Å². The molecule has 4 nitrogen and oxygen atoms in total. The second-order valence-electron chi connectivity index (χ2n) is 5.96. The molecule has 25 heavy (non-hydrogen) atoms. The summed E-state index contributed by atoms with van der Waals surface area (Å²) in [6, 6.07) is 13.1. The Labute approximate surface area is 146 Å². The van der Waals surface area contributed by atoms with Crippen LogP contribution in [0.4, 0.5) is 10.1 Å². The van der Waals surface area contributed by atoms with Gasteiger partial charge < -0.3 is 5.32 Å². The van der Waals surface area contributed by atoms with Gasteiger partial charge in [0, 0.05) is 12.2 Å². The number of amides is 2. The van der Waals surface area contributed by atoms with Gasteiger partial charge in [-0.1, -0.05) is 37.3 Å². The number of benzene rings is 2. The summed E-state index contributed by atoms with van der Waals surface area (Å²) < 4.78 is 13.2. The maximum atomic E-state index is 13.2. The van der Waals surface area contributed by atoms with Crippen molar-refractivity contribution in [2.24, 2.45) is 0 Å². The van der Waals surface area contributed by atoms with Crippen LogP contribution in [0.3, 0.4) is 0 Å². The number of aryl methyl sites for hydroxylation is 1. The molecule has 0 aliphatic carbocycles. The van der Waals surface area contributed by atoms with Crippen molar-refractivity contribution in [3.8, 4) is 0 Å². The van der Waals surface area contributed by atoms with Gasteiger partial charge in [0.2, 0.25) is 0 Å².